The van der Waals surface area contributed by atoms with E-state index >= 15 is 0 Å². The van der Waals surface area contributed by atoms with Crippen molar-refractivity contribution >= 4 is 35.1 Å². The number of carbonyl (C=O) groups excluding carboxylic acids is 4. The fourth-order valence-corrected chi connectivity index (χ4v) is 5.40. The van der Waals surface area contributed by atoms with Gasteiger partial charge in [0.15, 0.2) is 5.78 Å². The van der Waals surface area contributed by atoms with Gasteiger partial charge in [-0.2, -0.15) is 0 Å². The normalized spacial score (nSPS) is 18.1. The molecule has 2 saturated heterocycles. The summed E-state index contributed by atoms with van der Waals surface area (Å²) >= 11 is 6.52. The average molecular weight is 554 g/mol. The van der Waals surface area contributed by atoms with E-state index in [-0.39, 0.29) is 35.8 Å². The number of ketones is 1. The second-order valence-corrected chi connectivity index (χ2v) is 10.7. The van der Waals surface area contributed by atoms with E-state index in [1.165, 1.54) is 6.92 Å². The van der Waals surface area contributed by atoms with Gasteiger partial charge in [0.1, 0.15) is 0 Å². The summed E-state index contributed by atoms with van der Waals surface area (Å²) in [5.74, 6) is -0.893. The summed E-state index contributed by atoms with van der Waals surface area (Å²) in [5, 5.41) is 6.02. The van der Waals surface area contributed by atoms with Crippen LogP contribution < -0.4 is 10.6 Å². The standard InChI is InChI=1S/C30H36ClN3O5/c1-20(35)26-8-3-22(16-25(26)6-5-24-7-9-28(36)33-30(24)38)19-32-29(37)18-21-2-4-23(27(31)17-21)10-11-34-12-14-39-15-13-34/h2-4,8,16-17,24H,5-7,9-15,18-19H2,1H3,(H,32,37)(H,33,36,38). The highest BCUT2D eigenvalue weighted by Crippen LogP contribution is 2.23. The Balaban J connectivity index is 1.29. The van der Waals surface area contributed by atoms with E-state index in [1.54, 1.807) is 6.07 Å². The minimum absolute atomic E-state index is 0.0471. The molecule has 9 heteroatoms. The number of ether oxygens (including phenoxy) is 1. The SMILES string of the molecule is CC(=O)c1ccc(CNC(=O)Cc2ccc(CCN3CCOCC3)c(Cl)c2)cc1CCC1CCC(=O)NC1=O. The number of rotatable bonds is 11. The molecule has 2 aromatic carbocycles. The third kappa shape index (κ3) is 8.46. The van der Waals surface area contributed by atoms with Crippen LogP contribution in [-0.2, 0) is 44.9 Å². The molecule has 2 aliphatic heterocycles. The number of aryl methyl sites for hydroxylation is 1. The molecule has 0 saturated carbocycles. The summed E-state index contributed by atoms with van der Waals surface area (Å²) < 4.78 is 5.40. The van der Waals surface area contributed by atoms with Crippen LogP contribution in [0.15, 0.2) is 36.4 Å². The Labute approximate surface area is 234 Å². The van der Waals surface area contributed by atoms with E-state index in [0.717, 1.165) is 61.5 Å². The van der Waals surface area contributed by atoms with E-state index in [9.17, 15) is 19.2 Å². The van der Waals surface area contributed by atoms with Gasteiger partial charge in [-0.05, 0) is 60.9 Å². The third-order valence-electron chi connectivity index (χ3n) is 7.44. The molecule has 4 rings (SSSR count). The zero-order valence-corrected chi connectivity index (χ0v) is 23.1. The molecule has 8 nitrogen and oxygen atoms in total. The van der Waals surface area contributed by atoms with Gasteiger partial charge in [-0.15, -0.1) is 0 Å². The molecule has 2 aliphatic rings. The van der Waals surface area contributed by atoms with Crippen LogP contribution in [0.1, 0.15) is 58.8 Å². The molecular weight excluding hydrogens is 518 g/mol. The number of hydrogen-bond acceptors (Lipinski definition) is 6. The quantitative estimate of drug-likeness (QED) is 0.327. The maximum Gasteiger partial charge on any atom is 0.229 e. The van der Waals surface area contributed by atoms with E-state index in [4.69, 9.17) is 16.3 Å². The maximum atomic E-state index is 12.7. The molecule has 2 N–H and O–H groups in total. The second kappa shape index (κ2) is 13.8. The zero-order chi connectivity index (χ0) is 27.8. The number of amides is 3. The predicted octanol–water partition coefficient (Wildman–Crippen LogP) is 3.26. The first-order valence-corrected chi connectivity index (χ1v) is 14.0. The summed E-state index contributed by atoms with van der Waals surface area (Å²) in [4.78, 5) is 50.7. The number of hydrogen-bond donors (Lipinski definition) is 2. The Hall–Kier alpha value is -3.07. The molecular formula is C30H36ClN3O5. The summed E-state index contributed by atoms with van der Waals surface area (Å²) in [6.07, 6.45) is 3.03. The Morgan fingerprint density at radius 2 is 1.82 bits per heavy atom. The monoisotopic (exact) mass is 553 g/mol. The fraction of sp³-hybridized carbons (Fsp3) is 0.467. The van der Waals surface area contributed by atoms with Crippen molar-refractivity contribution in [3.63, 3.8) is 0 Å². The lowest BCUT2D eigenvalue weighted by Gasteiger charge is -2.26. The minimum atomic E-state index is -0.247. The van der Waals surface area contributed by atoms with Gasteiger partial charge >= 0.3 is 0 Å². The van der Waals surface area contributed by atoms with Crippen molar-refractivity contribution in [1.29, 1.82) is 0 Å². The highest BCUT2D eigenvalue weighted by atomic mass is 35.5. The van der Waals surface area contributed by atoms with Crippen molar-refractivity contribution in [2.45, 2.75) is 52.0 Å². The Kier molecular flexibility index (Phi) is 10.3. The topological polar surface area (TPSA) is 105 Å². The number of piperidine rings is 1. The van der Waals surface area contributed by atoms with Crippen molar-refractivity contribution in [3.05, 3.63) is 69.2 Å². The van der Waals surface area contributed by atoms with Crippen molar-refractivity contribution < 1.29 is 23.9 Å². The van der Waals surface area contributed by atoms with Crippen LogP contribution in [0.3, 0.4) is 0 Å². The summed E-state index contributed by atoms with van der Waals surface area (Å²) in [5.41, 5.74) is 4.26. The number of imide groups is 1. The van der Waals surface area contributed by atoms with E-state index in [1.807, 2.05) is 30.3 Å². The van der Waals surface area contributed by atoms with Gasteiger partial charge in [0.2, 0.25) is 17.7 Å². The molecule has 1 atom stereocenters. The maximum absolute atomic E-state index is 12.7. The van der Waals surface area contributed by atoms with Crippen molar-refractivity contribution in [1.82, 2.24) is 15.5 Å². The lowest BCUT2D eigenvalue weighted by Crippen LogP contribution is -2.40. The number of carbonyl (C=O) groups is 4. The molecule has 2 fully saturated rings. The van der Waals surface area contributed by atoms with Crippen LogP contribution in [0.25, 0.3) is 0 Å². The highest BCUT2D eigenvalue weighted by Gasteiger charge is 2.26. The molecule has 2 aromatic rings. The molecule has 3 amide bonds. The van der Waals surface area contributed by atoms with Crippen LogP contribution in [0, 0.1) is 5.92 Å². The van der Waals surface area contributed by atoms with Gasteiger partial charge in [-0.25, -0.2) is 0 Å². The zero-order valence-electron chi connectivity index (χ0n) is 22.4. The molecule has 0 aromatic heterocycles. The molecule has 0 aliphatic carbocycles. The number of nitrogens with zero attached hydrogens (tertiary/aromatic N) is 1. The first-order chi connectivity index (χ1) is 18.8. The minimum Gasteiger partial charge on any atom is -0.379 e. The number of morpholine rings is 1. The fourth-order valence-electron chi connectivity index (χ4n) is 5.11. The van der Waals surface area contributed by atoms with Gasteiger partial charge in [0.05, 0.1) is 19.6 Å². The molecule has 0 spiro atoms. The average Bonchev–Trinajstić information content (AvgIpc) is 2.91. The van der Waals surface area contributed by atoms with Crippen LogP contribution in [0.2, 0.25) is 5.02 Å². The summed E-state index contributed by atoms with van der Waals surface area (Å²) in [6.45, 7) is 6.20. The van der Waals surface area contributed by atoms with Crippen LogP contribution >= 0.6 is 11.6 Å². The number of halogens is 1. The van der Waals surface area contributed by atoms with Crippen molar-refractivity contribution in [2.24, 2.45) is 5.92 Å². The molecule has 0 bridgehead atoms. The van der Waals surface area contributed by atoms with Crippen molar-refractivity contribution in [3.8, 4) is 0 Å². The van der Waals surface area contributed by atoms with Crippen LogP contribution in [0.5, 0.6) is 0 Å². The van der Waals surface area contributed by atoms with E-state index < -0.39 is 0 Å². The number of Topliss-reactive ketones (excluding diaryl/α,β-unsaturated/α-hetero) is 1. The smallest absolute Gasteiger partial charge is 0.229 e. The third-order valence-corrected chi connectivity index (χ3v) is 7.79. The Bertz CT molecular complexity index is 1230. The number of nitrogens with one attached hydrogen (secondary N) is 2. The summed E-state index contributed by atoms with van der Waals surface area (Å²) in [7, 11) is 0. The van der Waals surface area contributed by atoms with Crippen LogP contribution in [0.4, 0.5) is 0 Å². The lowest BCUT2D eigenvalue weighted by atomic mass is 9.89. The lowest BCUT2D eigenvalue weighted by molar-refractivity contribution is -0.136. The Morgan fingerprint density at radius 3 is 2.54 bits per heavy atom. The van der Waals surface area contributed by atoms with Crippen molar-refractivity contribution in [2.75, 3.05) is 32.8 Å². The van der Waals surface area contributed by atoms with Gasteiger partial charge in [0.25, 0.3) is 0 Å². The first-order valence-electron chi connectivity index (χ1n) is 13.6. The molecule has 2 heterocycles. The highest BCUT2D eigenvalue weighted by molar-refractivity contribution is 6.31. The molecule has 39 heavy (non-hydrogen) atoms. The van der Waals surface area contributed by atoms with E-state index in [0.29, 0.717) is 42.8 Å². The van der Waals surface area contributed by atoms with E-state index in [2.05, 4.69) is 15.5 Å². The molecule has 1 unspecified atom stereocenters. The van der Waals surface area contributed by atoms with Gasteiger partial charge in [0, 0.05) is 49.1 Å². The van der Waals surface area contributed by atoms with Crippen LogP contribution in [-0.4, -0.2) is 61.3 Å². The Morgan fingerprint density at radius 1 is 1.05 bits per heavy atom. The molecule has 208 valence electrons. The largest absolute Gasteiger partial charge is 0.379 e. The second-order valence-electron chi connectivity index (χ2n) is 10.3. The van der Waals surface area contributed by atoms with Gasteiger partial charge in [-0.3, -0.25) is 29.4 Å². The summed E-state index contributed by atoms with van der Waals surface area (Å²) in [6, 6.07) is 11.4. The molecule has 0 radical (unpaired) electrons. The van der Waals surface area contributed by atoms with Gasteiger partial charge in [-0.1, -0.05) is 41.9 Å². The van der Waals surface area contributed by atoms with Gasteiger partial charge < -0.3 is 10.1 Å². The first kappa shape index (κ1) is 28.9. The predicted molar refractivity (Wildman–Crippen MR) is 149 cm³/mol. The number of benzene rings is 2.